The van der Waals surface area contributed by atoms with Crippen molar-refractivity contribution in [2.75, 3.05) is 0 Å². The highest BCUT2D eigenvalue weighted by molar-refractivity contribution is 5.80. The minimum Gasteiger partial charge on any atom is -0.481 e. The van der Waals surface area contributed by atoms with E-state index < -0.39 is 17.4 Å². The van der Waals surface area contributed by atoms with E-state index in [4.69, 9.17) is 10.8 Å². The fourth-order valence-electron chi connectivity index (χ4n) is 1.30. The van der Waals surface area contributed by atoms with Crippen LogP contribution in [0.5, 0.6) is 0 Å². The summed E-state index contributed by atoms with van der Waals surface area (Å²) in [6, 6.07) is -0.912. The van der Waals surface area contributed by atoms with E-state index in [2.05, 4.69) is 0 Å². The predicted octanol–water partition coefficient (Wildman–Crippen LogP) is 0.404. The quantitative estimate of drug-likeness (QED) is 0.590. The van der Waals surface area contributed by atoms with Gasteiger partial charge in [-0.1, -0.05) is 13.8 Å². The zero-order valence-electron chi connectivity index (χ0n) is 7.41. The lowest BCUT2D eigenvalue weighted by atomic mass is 9.76. The number of nitrogens with two attached hydrogens (primary N) is 1. The molecule has 0 fully saturated rings. The van der Waals surface area contributed by atoms with Gasteiger partial charge in [0.25, 0.3) is 0 Å². The number of aliphatic carboxylic acids is 1. The van der Waals surface area contributed by atoms with Gasteiger partial charge < -0.3 is 15.6 Å². The van der Waals surface area contributed by atoms with E-state index in [1.807, 2.05) is 0 Å². The summed E-state index contributed by atoms with van der Waals surface area (Å²) < 4.78 is 0. The Balaban J connectivity index is 4.80. The molecule has 70 valence electrons. The Morgan fingerprint density at radius 3 is 2.08 bits per heavy atom. The van der Waals surface area contributed by atoms with Crippen molar-refractivity contribution in [3.63, 3.8) is 0 Å². The summed E-state index contributed by atoms with van der Waals surface area (Å²) in [5, 5.41) is 8.89. The molecule has 1 unspecified atom stereocenters. The van der Waals surface area contributed by atoms with Crippen molar-refractivity contribution in [2.24, 2.45) is 11.1 Å². The molecule has 4 heteroatoms. The van der Waals surface area contributed by atoms with Gasteiger partial charge in [-0.25, -0.2) is 0 Å². The van der Waals surface area contributed by atoms with Crippen LogP contribution in [0.15, 0.2) is 0 Å². The highest BCUT2D eigenvalue weighted by Gasteiger charge is 2.40. The van der Waals surface area contributed by atoms with Gasteiger partial charge >= 0.3 is 5.97 Å². The number of carboxylic acid groups (broad SMARTS) is 1. The number of carboxylic acids is 1. The molecule has 0 aromatic carbocycles. The third-order valence-electron chi connectivity index (χ3n) is 2.47. The molecule has 0 aliphatic carbocycles. The molecular weight excluding hydrogens is 158 g/mol. The van der Waals surface area contributed by atoms with Crippen LogP contribution in [0.25, 0.3) is 0 Å². The van der Waals surface area contributed by atoms with E-state index in [0.717, 1.165) is 0 Å². The van der Waals surface area contributed by atoms with Gasteiger partial charge in [0, 0.05) is 0 Å². The van der Waals surface area contributed by atoms with E-state index in [1.54, 1.807) is 13.8 Å². The van der Waals surface area contributed by atoms with E-state index >= 15 is 0 Å². The number of carbonyl (C=O) groups is 2. The van der Waals surface area contributed by atoms with Gasteiger partial charge in [0.05, 0.1) is 11.5 Å². The lowest BCUT2D eigenvalue weighted by Gasteiger charge is -2.29. The number of aldehydes is 1. The van der Waals surface area contributed by atoms with Crippen LogP contribution in [-0.4, -0.2) is 23.4 Å². The number of rotatable bonds is 5. The first-order valence-corrected chi connectivity index (χ1v) is 3.99. The normalized spacial score (nSPS) is 13.9. The van der Waals surface area contributed by atoms with Gasteiger partial charge in [0.1, 0.15) is 6.29 Å². The fraction of sp³-hybridized carbons (Fsp3) is 0.750. The summed E-state index contributed by atoms with van der Waals surface area (Å²) in [6.45, 7) is 3.45. The highest BCUT2D eigenvalue weighted by Crippen LogP contribution is 2.28. The Hall–Kier alpha value is -0.900. The molecule has 0 aromatic rings. The zero-order chi connectivity index (χ0) is 9.78. The molecule has 0 saturated heterocycles. The van der Waals surface area contributed by atoms with E-state index in [9.17, 15) is 9.59 Å². The summed E-state index contributed by atoms with van der Waals surface area (Å²) in [4.78, 5) is 21.2. The molecule has 0 bridgehead atoms. The summed E-state index contributed by atoms with van der Waals surface area (Å²) in [6.07, 6.45) is 1.25. The molecule has 0 aromatic heterocycles. The maximum atomic E-state index is 10.8. The Labute approximate surface area is 71.8 Å². The van der Waals surface area contributed by atoms with Gasteiger partial charge in [-0.2, -0.15) is 0 Å². The van der Waals surface area contributed by atoms with Crippen molar-refractivity contribution < 1.29 is 14.7 Å². The van der Waals surface area contributed by atoms with E-state index in [0.29, 0.717) is 19.1 Å². The first kappa shape index (κ1) is 11.1. The van der Waals surface area contributed by atoms with E-state index in [1.165, 1.54) is 0 Å². The molecule has 12 heavy (non-hydrogen) atoms. The minimum absolute atomic E-state index is 0.374. The summed E-state index contributed by atoms with van der Waals surface area (Å²) in [5.74, 6) is -0.993. The van der Waals surface area contributed by atoms with Crippen molar-refractivity contribution in [1.82, 2.24) is 0 Å². The third kappa shape index (κ3) is 1.64. The first-order valence-electron chi connectivity index (χ1n) is 3.99. The van der Waals surface area contributed by atoms with Crippen LogP contribution in [0.1, 0.15) is 26.7 Å². The average molecular weight is 173 g/mol. The topological polar surface area (TPSA) is 80.4 Å². The highest BCUT2D eigenvalue weighted by atomic mass is 16.4. The van der Waals surface area contributed by atoms with Gasteiger partial charge in [-0.15, -0.1) is 0 Å². The molecule has 0 aliphatic rings. The Kier molecular flexibility index (Phi) is 3.89. The summed E-state index contributed by atoms with van der Waals surface area (Å²) >= 11 is 0. The first-order chi connectivity index (χ1) is 5.55. The molecule has 3 N–H and O–H groups in total. The molecule has 0 spiro atoms. The minimum atomic E-state index is -1.08. The second-order valence-corrected chi connectivity index (χ2v) is 2.83. The maximum absolute atomic E-state index is 10.8. The molecule has 0 amide bonds. The third-order valence-corrected chi connectivity index (χ3v) is 2.47. The van der Waals surface area contributed by atoms with Gasteiger partial charge in [0.2, 0.25) is 0 Å². The lowest BCUT2D eigenvalue weighted by Crippen LogP contribution is -2.47. The monoisotopic (exact) mass is 173 g/mol. The molecule has 0 aliphatic heterocycles. The Bertz CT molecular complexity index is 175. The van der Waals surface area contributed by atoms with Gasteiger partial charge in [0.15, 0.2) is 0 Å². The summed E-state index contributed by atoms with van der Waals surface area (Å²) in [7, 11) is 0. The second-order valence-electron chi connectivity index (χ2n) is 2.83. The summed E-state index contributed by atoms with van der Waals surface area (Å²) in [5.41, 5.74) is 4.34. The van der Waals surface area contributed by atoms with Crippen LogP contribution in [-0.2, 0) is 9.59 Å². The standard InChI is InChI=1S/C8H15NO3/c1-3-8(4-2,7(11)12)6(9)5-10/h5-6H,3-4,9H2,1-2H3,(H,11,12). The molecule has 0 radical (unpaired) electrons. The zero-order valence-corrected chi connectivity index (χ0v) is 7.41. The molecule has 0 rings (SSSR count). The van der Waals surface area contributed by atoms with Crippen molar-refractivity contribution in [3.05, 3.63) is 0 Å². The van der Waals surface area contributed by atoms with Gasteiger partial charge in [-0.05, 0) is 12.8 Å². The van der Waals surface area contributed by atoms with Crippen LogP contribution in [0, 0.1) is 5.41 Å². The smallest absolute Gasteiger partial charge is 0.311 e. The van der Waals surface area contributed by atoms with Crippen molar-refractivity contribution in [3.8, 4) is 0 Å². The van der Waals surface area contributed by atoms with Crippen molar-refractivity contribution in [1.29, 1.82) is 0 Å². The number of carbonyl (C=O) groups excluding carboxylic acids is 1. The van der Waals surface area contributed by atoms with Crippen molar-refractivity contribution in [2.45, 2.75) is 32.7 Å². The lowest BCUT2D eigenvalue weighted by molar-refractivity contribution is -0.152. The Morgan fingerprint density at radius 1 is 1.58 bits per heavy atom. The second kappa shape index (κ2) is 4.21. The molecule has 4 nitrogen and oxygen atoms in total. The van der Waals surface area contributed by atoms with Crippen LogP contribution < -0.4 is 5.73 Å². The molecule has 0 saturated carbocycles. The molecular formula is C8H15NO3. The van der Waals surface area contributed by atoms with Crippen molar-refractivity contribution >= 4 is 12.3 Å². The number of hydrogen-bond donors (Lipinski definition) is 2. The predicted molar refractivity (Wildman–Crippen MR) is 44.7 cm³/mol. The SMILES string of the molecule is CCC(CC)(C(=O)O)C(N)C=O. The Morgan fingerprint density at radius 2 is 2.00 bits per heavy atom. The van der Waals surface area contributed by atoms with Gasteiger partial charge in [-0.3, -0.25) is 4.79 Å². The van der Waals surface area contributed by atoms with Crippen LogP contribution in [0.3, 0.4) is 0 Å². The maximum Gasteiger partial charge on any atom is 0.311 e. The largest absolute Gasteiger partial charge is 0.481 e. The average Bonchev–Trinajstić information content (AvgIpc) is 2.06. The van der Waals surface area contributed by atoms with Crippen LogP contribution in [0.4, 0.5) is 0 Å². The van der Waals surface area contributed by atoms with Crippen LogP contribution >= 0.6 is 0 Å². The molecule has 1 atom stereocenters. The number of hydrogen-bond acceptors (Lipinski definition) is 3. The fourth-order valence-corrected chi connectivity index (χ4v) is 1.30. The van der Waals surface area contributed by atoms with Crippen LogP contribution in [0.2, 0.25) is 0 Å². The van der Waals surface area contributed by atoms with E-state index in [-0.39, 0.29) is 0 Å². The molecule has 0 heterocycles.